The molecular weight excluding hydrogens is 290 g/mol. The van der Waals surface area contributed by atoms with Crippen LogP contribution in [0.15, 0.2) is 24.3 Å². The number of likely N-dealkylation sites (N-methyl/N-ethyl adjacent to an activating group) is 1. The summed E-state index contributed by atoms with van der Waals surface area (Å²) in [4.78, 5) is 14.6. The first kappa shape index (κ1) is 14.3. The number of H-pyrrole nitrogens is 1. The summed E-state index contributed by atoms with van der Waals surface area (Å²) in [5.74, 6) is 0.919. The van der Waals surface area contributed by atoms with Gasteiger partial charge in [-0.15, -0.1) is 0 Å². The highest BCUT2D eigenvalue weighted by atomic mass is 16.5. The lowest BCUT2D eigenvalue weighted by atomic mass is 10.0. The number of nitrogens with one attached hydrogen (secondary N) is 1. The summed E-state index contributed by atoms with van der Waals surface area (Å²) in [7, 11) is 1.84. The predicted octanol–water partition coefficient (Wildman–Crippen LogP) is 2.36. The van der Waals surface area contributed by atoms with Gasteiger partial charge in [-0.3, -0.25) is 9.89 Å². The predicted molar refractivity (Wildman–Crippen MR) is 86.7 cm³/mol. The number of carbonyl (C=O) groups excluding carboxylic acids is 1. The van der Waals surface area contributed by atoms with Crippen LogP contribution in [-0.2, 0) is 19.3 Å². The molecule has 4 rings (SSSR count). The molecule has 0 saturated heterocycles. The highest BCUT2D eigenvalue weighted by Gasteiger charge is 2.34. The first-order valence-electron chi connectivity index (χ1n) is 8.23. The maximum atomic E-state index is 12.8. The monoisotopic (exact) mass is 311 g/mol. The van der Waals surface area contributed by atoms with Crippen molar-refractivity contribution in [2.45, 2.75) is 44.8 Å². The second kappa shape index (κ2) is 5.41. The van der Waals surface area contributed by atoms with Gasteiger partial charge in [-0.2, -0.15) is 5.10 Å². The fourth-order valence-electron chi connectivity index (χ4n) is 3.58. The minimum atomic E-state index is -0.0172. The molecule has 2 aromatic rings. The largest absolute Gasteiger partial charge is 0.488 e. The van der Waals surface area contributed by atoms with E-state index in [0.29, 0.717) is 5.69 Å². The quantitative estimate of drug-likeness (QED) is 0.946. The number of carbonyl (C=O) groups is 1. The Balaban J connectivity index is 1.50. The molecule has 23 heavy (non-hydrogen) atoms. The number of amides is 1. The van der Waals surface area contributed by atoms with Gasteiger partial charge in [-0.05, 0) is 37.8 Å². The Hall–Kier alpha value is -2.30. The van der Waals surface area contributed by atoms with Crippen molar-refractivity contribution in [2.24, 2.45) is 0 Å². The molecule has 1 amide bonds. The van der Waals surface area contributed by atoms with E-state index in [9.17, 15) is 4.79 Å². The van der Waals surface area contributed by atoms with Gasteiger partial charge in [0.15, 0.2) is 5.69 Å². The second-order valence-corrected chi connectivity index (χ2v) is 6.51. The van der Waals surface area contributed by atoms with Crippen LogP contribution in [0.2, 0.25) is 0 Å². The number of hydrogen-bond acceptors (Lipinski definition) is 3. The van der Waals surface area contributed by atoms with Crippen molar-refractivity contribution in [1.82, 2.24) is 15.1 Å². The number of benzene rings is 1. The lowest BCUT2D eigenvalue weighted by molar-refractivity contribution is 0.0591. The van der Waals surface area contributed by atoms with Gasteiger partial charge in [-0.1, -0.05) is 18.2 Å². The number of aryl methyl sites for hydroxylation is 1. The van der Waals surface area contributed by atoms with Gasteiger partial charge in [0.1, 0.15) is 11.9 Å². The molecule has 0 unspecified atom stereocenters. The molecule has 1 aliphatic carbocycles. The van der Waals surface area contributed by atoms with Crippen LogP contribution in [0.3, 0.4) is 0 Å². The average molecular weight is 311 g/mol. The highest BCUT2D eigenvalue weighted by molar-refractivity contribution is 5.94. The van der Waals surface area contributed by atoms with E-state index in [1.165, 1.54) is 5.56 Å². The van der Waals surface area contributed by atoms with Crippen LogP contribution in [0.5, 0.6) is 5.75 Å². The van der Waals surface area contributed by atoms with Crippen LogP contribution >= 0.6 is 0 Å². The summed E-state index contributed by atoms with van der Waals surface area (Å²) >= 11 is 0. The number of aromatic amines is 1. The number of nitrogens with zero attached hydrogens (tertiary/aromatic N) is 2. The number of ether oxygens (including phenoxy) is 1. The molecule has 120 valence electrons. The maximum absolute atomic E-state index is 12.8. The van der Waals surface area contributed by atoms with Crippen LogP contribution in [0.4, 0.5) is 0 Å². The zero-order valence-electron chi connectivity index (χ0n) is 13.5. The number of aromatic nitrogens is 2. The van der Waals surface area contributed by atoms with E-state index in [4.69, 9.17) is 4.74 Å². The van der Waals surface area contributed by atoms with E-state index in [2.05, 4.69) is 16.3 Å². The lowest BCUT2D eigenvalue weighted by Gasteiger charge is -2.29. The third kappa shape index (κ3) is 2.31. The Labute approximate surface area is 135 Å². The van der Waals surface area contributed by atoms with Gasteiger partial charge >= 0.3 is 0 Å². The van der Waals surface area contributed by atoms with Crippen LogP contribution in [0.25, 0.3) is 0 Å². The second-order valence-electron chi connectivity index (χ2n) is 6.51. The first-order chi connectivity index (χ1) is 11.1. The molecule has 5 nitrogen and oxygen atoms in total. The molecule has 0 spiro atoms. The summed E-state index contributed by atoms with van der Waals surface area (Å²) in [6, 6.07) is 8.07. The van der Waals surface area contributed by atoms with Gasteiger partial charge in [0, 0.05) is 24.7 Å². The van der Waals surface area contributed by atoms with Gasteiger partial charge in [-0.25, -0.2) is 0 Å². The summed E-state index contributed by atoms with van der Waals surface area (Å²) in [5, 5.41) is 7.27. The van der Waals surface area contributed by atoms with Crippen LogP contribution < -0.4 is 4.74 Å². The summed E-state index contributed by atoms with van der Waals surface area (Å²) < 4.78 is 6.03. The Morgan fingerprint density at radius 2 is 2.22 bits per heavy atom. The van der Waals surface area contributed by atoms with Crippen molar-refractivity contribution < 1.29 is 9.53 Å². The van der Waals surface area contributed by atoms with Crippen molar-refractivity contribution in [3.63, 3.8) is 0 Å². The standard InChI is InChI=1S/C18H21N3O2/c1-11(16-10-12-6-3-4-9-15(12)23-16)21(2)18(22)17-13-7-5-8-14(13)19-20-17/h3-4,6,9,11,16H,5,7-8,10H2,1-2H3,(H,19,20)/t11-,16+/m1/s1. The van der Waals surface area contributed by atoms with Crippen molar-refractivity contribution in [2.75, 3.05) is 7.05 Å². The molecule has 2 aliphatic rings. The van der Waals surface area contributed by atoms with E-state index >= 15 is 0 Å². The molecular formula is C18H21N3O2. The van der Waals surface area contributed by atoms with Crippen molar-refractivity contribution in [3.05, 3.63) is 46.8 Å². The highest BCUT2D eigenvalue weighted by Crippen LogP contribution is 2.31. The molecule has 0 saturated carbocycles. The van der Waals surface area contributed by atoms with Crippen molar-refractivity contribution >= 4 is 5.91 Å². The molecule has 1 N–H and O–H groups in total. The Kier molecular flexibility index (Phi) is 3.36. The van der Waals surface area contributed by atoms with Crippen molar-refractivity contribution in [1.29, 1.82) is 0 Å². The molecule has 1 aliphatic heterocycles. The van der Waals surface area contributed by atoms with E-state index in [1.54, 1.807) is 4.90 Å². The molecule has 1 aromatic heterocycles. The van der Waals surface area contributed by atoms with Gasteiger partial charge in [0.2, 0.25) is 0 Å². The zero-order chi connectivity index (χ0) is 16.0. The number of fused-ring (bicyclic) bond motifs is 2. The minimum Gasteiger partial charge on any atom is -0.488 e. The number of para-hydroxylation sites is 1. The van der Waals surface area contributed by atoms with Crippen LogP contribution in [0.1, 0.15) is 40.7 Å². The van der Waals surface area contributed by atoms with E-state index in [-0.39, 0.29) is 18.1 Å². The molecule has 1 aromatic carbocycles. The summed E-state index contributed by atoms with van der Waals surface area (Å²) in [5.41, 5.74) is 4.02. The first-order valence-corrected chi connectivity index (χ1v) is 8.23. The van der Waals surface area contributed by atoms with Gasteiger partial charge < -0.3 is 9.64 Å². The summed E-state index contributed by atoms with van der Waals surface area (Å²) in [6.07, 6.45) is 3.88. The SMILES string of the molecule is C[C@H]([C@@H]1Cc2ccccc2O1)N(C)C(=O)c1n[nH]c2c1CCC2. The molecule has 0 radical (unpaired) electrons. The fourth-order valence-corrected chi connectivity index (χ4v) is 3.58. The molecule has 0 fully saturated rings. The van der Waals surface area contributed by atoms with Crippen LogP contribution in [0, 0.1) is 0 Å². The smallest absolute Gasteiger partial charge is 0.274 e. The van der Waals surface area contributed by atoms with Crippen molar-refractivity contribution in [3.8, 4) is 5.75 Å². The van der Waals surface area contributed by atoms with E-state index < -0.39 is 0 Å². The van der Waals surface area contributed by atoms with Gasteiger partial charge in [0.25, 0.3) is 5.91 Å². The minimum absolute atomic E-state index is 0.00617. The molecule has 2 atom stereocenters. The van der Waals surface area contributed by atoms with E-state index in [1.807, 2.05) is 32.2 Å². The fraction of sp³-hybridized carbons (Fsp3) is 0.444. The molecule has 5 heteroatoms. The Morgan fingerprint density at radius 3 is 3.04 bits per heavy atom. The lowest BCUT2D eigenvalue weighted by Crippen LogP contribution is -2.45. The summed E-state index contributed by atoms with van der Waals surface area (Å²) in [6.45, 7) is 2.04. The maximum Gasteiger partial charge on any atom is 0.274 e. The third-order valence-electron chi connectivity index (χ3n) is 5.15. The van der Waals surface area contributed by atoms with Gasteiger partial charge in [0.05, 0.1) is 6.04 Å². The molecule has 0 bridgehead atoms. The average Bonchev–Trinajstić information content (AvgIpc) is 3.26. The molecule has 2 heterocycles. The number of hydrogen-bond donors (Lipinski definition) is 1. The Morgan fingerprint density at radius 1 is 1.39 bits per heavy atom. The third-order valence-corrected chi connectivity index (χ3v) is 5.15. The Bertz CT molecular complexity index is 727. The van der Waals surface area contributed by atoms with E-state index in [0.717, 1.165) is 42.7 Å². The zero-order valence-corrected chi connectivity index (χ0v) is 13.5. The topological polar surface area (TPSA) is 58.2 Å². The normalized spacial score (nSPS) is 19.8. The number of rotatable bonds is 3. The van der Waals surface area contributed by atoms with Crippen LogP contribution in [-0.4, -0.2) is 40.2 Å².